The number of amides is 2. The summed E-state index contributed by atoms with van der Waals surface area (Å²) >= 11 is 7.48. The van der Waals surface area contributed by atoms with E-state index in [0.717, 1.165) is 44.4 Å². The van der Waals surface area contributed by atoms with Gasteiger partial charge < -0.3 is 14.6 Å². The normalized spacial score (nSPS) is 15.3. The van der Waals surface area contributed by atoms with Crippen LogP contribution in [0.15, 0.2) is 27.7 Å². The molecule has 3 aromatic rings. The van der Waals surface area contributed by atoms with E-state index in [1.54, 1.807) is 6.92 Å². The predicted octanol–water partition coefficient (Wildman–Crippen LogP) is 5.26. The third kappa shape index (κ3) is 6.55. The lowest BCUT2D eigenvalue weighted by Gasteiger charge is -2.18. The van der Waals surface area contributed by atoms with Crippen molar-refractivity contribution in [2.24, 2.45) is 10.9 Å². The van der Waals surface area contributed by atoms with E-state index in [9.17, 15) is 14.4 Å². The van der Waals surface area contributed by atoms with E-state index < -0.39 is 5.97 Å². The first kappa shape index (κ1) is 27.6. The van der Waals surface area contributed by atoms with E-state index in [1.807, 2.05) is 22.8 Å². The summed E-state index contributed by atoms with van der Waals surface area (Å²) in [6.45, 7) is 4.53. The lowest BCUT2D eigenvalue weighted by molar-refractivity contribution is -0.115. The van der Waals surface area contributed by atoms with Crippen LogP contribution in [0.2, 0.25) is 0 Å². The molecular formula is C26H26BrN3O4S3. The quantitative estimate of drug-likeness (QED) is 0.274. The molecule has 37 heavy (non-hydrogen) atoms. The lowest BCUT2D eigenvalue weighted by Crippen LogP contribution is -2.19. The van der Waals surface area contributed by atoms with Gasteiger partial charge in [0.15, 0.2) is 4.80 Å². The van der Waals surface area contributed by atoms with Crippen molar-refractivity contribution in [3.63, 3.8) is 0 Å². The topological polar surface area (TPSA) is 89.8 Å². The molecule has 1 aromatic carbocycles. The second kappa shape index (κ2) is 12.4. The fraction of sp³-hybridized carbons (Fsp3) is 0.385. The Morgan fingerprint density at radius 2 is 2.14 bits per heavy atom. The van der Waals surface area contributed by atoms with E-state index in [2.05, 4.69) is 39.1 Å². The maximum Gasteiger partial charge on any atom is 0.341 e. The number of hydrogen-bond donors (Lipinski definition) is 1. The van der Waals surface area contributed by atoms with Crippen LogP contribution in [-0.2, 0) is 33.7 Å². The Morgan fingerprint density at radius 3 is 2.89 bits per heavy atom. The highest BCUT2D eigenvalue weighted by molar-refractivity contribution is 9.10. The number of carbonyl (C=O) groups is 3. The molecule has 194 valence electrons. The highest BCUT2D eigenvalue weighted by Crippen LogP contribution is 2.40. The van der Waals surface area contributed by atoms with Gasteiger partial charge in [0, 0.05) is 9.35 Å². The van der Waals surface area contributed by atoms with Gasteiger partial charge in [0.25, 0.3) is 5.91 Å². The average Bonchev–Trinajstić information content (AvgIpc) is 3.35. The van der Waals surface area contributed by atoms with Gasteiger partial charge in [-0.1, -0.05) is 40.1 Å². The summed E-state index contributed by atoms with van der Waals surface area (Å²) in [6.07, 6.45) is 8.22. The molecule has 2 amide bonds. The third-order valence-corrected chi connectivity index (χ3v) is 9.44. The summed E-state index contributed by atoms with van der Waals surface area (Å²) in [5.41, 5.74) is 2.39. The molecule has 1 aliphatic carbocycles. The van der Waals surface area contributed by atoms with Crippen LogP contribution >= 0.6 is 50.4 Å². The predicted molar refractivity (Wildman–Crippen MR) is 154 cm³/mol. The maximum atomic E-state index is 12.7. The Hall–Kier alpha value is -2.39. The minimum absolute atomic E-state index is 0.0462. The van der Waals surface area contributed by atoms with Crippen LogP contribution in [-0.4, -0.2) is 40.5 Å². The number of thiophene rings is 1. The summed E-state index contributed by atoms with van der Waals surface area (Å²) < 4.78 is 8.99. The van der Waals surface area contributed by atoms with Crippen molar-refractivity contribution in [2.45, 2.75) is 39.7 Å². The maximum absolute atomic E-state index is 12.7. The molecule has 1 N–H and O–H groups in total. The van der Waals surface area contributed by atoms with Gasteiger partial charge in [0.2, 0.25) is 5.91 Å². The van der Waals surface area contributed by atoms with E-state index >= 15 is 0 Å². The second-order valence-corrected chi connectivity index (χ2v) is 12.6. The summed E-state index contributed by atoms with van der Waals surface area (Å²) in [5, 5.41) is 3.41. The van der Waals surface area contributed by atoms with Gasteiger partial charge in [0.1, 0.15) is 5.00 Å². The molecule has 2 heterocycles. The van der Waals surface area contributed by atoms with E-state index in [0.29, 0.717) is 27.8 Å². The van der Waals surface area contributed by atoms with Crippen molar-refractivity contribution < 1.29 is 19.1 Å². The molecule has 4 rings (SSSR count). The molecule has 1 unspecified atom stereocenters. The van der Waals surface area contributed by atoms with E-state index in [1.165, 1.54) is 34.4 Å². The fourth-order valence-corrected chi connectivity index (χ4v) is 7.78. The Labute approximate surface area is 235 Å². The van der Waals surface area contributed by atoms with Gasteiger partial charge in [-0.3, -0.25) is 9.59 Å². The molecule has 0 fully saturated rings. The Kier molecular flexibility index (Phi) is 9.29. The van der Waals surface area contributed by atoms with Crippen molar-refractivity contribution in [3.05, 3.63) is 43.5 Å². The number of terminal acetylenes is 1. The number of nitrogens with zero attached hydrogens (tertiary/aromatic N) is 2. The highest BCUT2D eigenvalue weighted by Gasteiger charge is 2.29. The Bertz CT molecular complexity index is 1460. The van der Waals surface area contributed by atoms with Crippen LogP contribution < -0.4 is 10.1 Å². The minimum atomic E-state index is -0.401. The summed E-state index contributed by atoms with van der Waals surface area (Å²) in [4.78, 5) is 43.9. The number of aromatic nitrogens is 1. The first-order valence-corrected chi connectivity index (χ1v) is 15.4. The average molecular weight is 621 g/mol. The molecular weight excluding hydrogens is 594 g/mol. The molecule has 1 aliphatic rings. The zero-order valence-electron chi connectivity index (χ0n) is 20.5. The number of halogens is 1. The number of rotatable bonds is 8. The molecule has 7 nitrogen and oxygen atoms in total. The van der Waals surface area contributed by atoms with Crippen LogP contribution in [0, 0.1) is 18.3 Å². The zero-order valence-corrected chi connectivity index (χ0v) is 24.5. The van der Waals surface area contributed by atoms with Crippen LogP contribution in [0.1, 0.15) is 41.1 Å². The van der Waals surface area contributed by atoms with Crippen LogP contribution in [0.3, 0.4) is 0 Å². The van der Waals surface area contributed by atoms with Gasteiger partial charge in [-0.2, -0.15) is 4.99 Å². The van der Waals surface area contributed by atoms with Crippen LogP contribution in [0.4, 0.5) is 5.00 Å². The number of anilines is 1. The third-order valence-electron chi connectivity index (χ3n) is 5.82. The van der Waals surface area contributed by atoms with Crippen LogP contribution in [0.5, 0.6) is 0 Å². The van der Waals surface area contributed by atoms with Gasteiger partial charge in [-0.05, 0) is 55.9 Å². The number of nitrogens with one attached hydrogen (secondary N) is 1. The molecule has 0 saturated carbocycles. The number of carbonyl (C=O) groups excluding carboxylic acids is 3. The lowest BCUT2D eigenvalue weighted by atomic mass is 9.88. The Morgan fingerprint density at radius 1 is 1.32 bits per heavy atom. The van der Waals surface area contributed by atoms with Gasteiger partial charge >= 0.3 is 5.97 Å². The van der Waals surface area contributed by atoms with Crippen molar-refractivity contribution in [3.8, 4) is 12.3 Å². The van der Waals surface area contributed by atoms with Crippen molar-refractivity contribution >= 4 is 83.4 Å². The van der Waals surface area contributed by atoms with Gasteiger partial charge in [0.05, 0.1) is 40.4 Å². The highest BCUT2D eigenvalue weighted by atomic mass is 79.9. The second-order valence-electron chi connectivity index (χ2n) is 8.61. The molecule has 1 atom stereocenters. The zero-order chi connectivity index (χ0) is 26.5. The molecule has 0 radical (unpaired) electrons. The number of ether oxygens (including phenoxy) is 1. The smallest absolute Gasteiger partial charge is 0.341 e. The van der Waals surface area contributed by atoms with Crippen LogP contribution in [0.25, 0.3) is 10.2 Å². The van der Waals surface area contributed by atoms with Crippen molar-refractivity contribution in [1.29, 1.82) is 0 Å². The summed E-state index contributed by atoms with van der Waals surface area (Å²) in [7, 11) is 0. The number of benzene rings is 1. The summed E-state index contributed by atoms with van der Waals surface area (Å²) in [5.74, 6) is 2.24. The monoisotopic (exact) mass is 619 g/mol. The van der Waals surface area contributed by atoms with Gasteiger partial charge in [-0.25, -0.2) is 4.79 Å². The van der Waals surface area contributed by atoms with Crippen molar-refractivity contribution in [1.82, 2.24) is 4.57 Å². The number of hydrogen-bond acceptors (Lipinski definition) is 7. The first-order valence-electron chi connectivity index (χ1n) is 11.8. The van der Waals surface area contributed by atoms with Gasteiger partial charge in [-0.15, -0.1) is 29.5 Å². The number of fused-ring (bicyclic) bond motifs is 2. The number of esters is 1. The number of thioether (sulfide) groups is 1. The molecule has 0 bridgehead atoms. The molecule has 0 saturated heterocycles. The Balaban J connectivity index is 1.42. The van der Waals surface area contributed by atoms with E-state index in [4.69, 9.17) is 11.2 Å². The number of thiazole rings is 1. The first-order chi connectivity index (χ1) is 17.8. The largest absolute Gasteiger partial charge is 0.462 e. The molecule has 11 heteroatoms. The standard InChI is InChI=1S/C26H26BrN3O4S3/c1-4-10-30-18-9-7-16(27)12-20(18)37-26(30)29-22(32)14-35-13-21(31)28-24-23(25(33)34-5-2)17-8-6-15(3)11-19(17)36-24/h1,7,9,12,15H,5-6,8,10-11,13-14H2,2-3H3,(H,28,31). The molecule has 2 aromatic heterocycles. The van der Waals surface area contributed by atoms with Crippen molar-refractivity contribution in [2.75, 3.05) is 23.4 Å². The summed E-state index contributed by atoms with van der Waals surface area (Å²) in [6, 6.07) is 5.81. The molecule has 0 spiro atoms. The SMILES string of the molecule is C#CCn1c(=NC(=O)CSCC(=O)Nc2sc3c(c2C(=O)OCC)CCC(C)C3)sc2cc(Br)ccc21. The fourth-order valence-electron chi connectivity index (χ4n) is 4.17. The molecule has 0 aliphatic heterocycles. The minimum Gasteiger partial charge on any atom is -0.462 e. The van der Waals surface area contributed by atoms with E-state index in [-0.39, 0.29) is 29.9 Å².